The third-order valence-corrected chi connectivity index (χ3v) is 2.63. The number of nitrogens with zero attached hydrogens (tertiary/aromatic N) is 2. The molecule has 0 fully saturated rings. The van der Waals surface area contributed by atoms with Gasteiger partial charge < -0.3 is 4.90 Å². The lowest BCUT2D eigenvalue weighted by Gasteiger charge is -2.23. The fourth-order valence-electron chi connectivity index (χ4n) is 1.66. The van der Waals surface area contributed by atoms with Gasteiger partial charge in [0.25, 0.3) is 0 Å². The molecular weight excluding hydrogens is 172 g/mol. The Bertz CT molecular complexity index is 342. The zero-order valence-corrected chi connectivity index (χ0v) is 8.77. The highest BCUT2D eigenvalue weighted by atomic mass is 15.2. The second kappa shape index (κ2) is 3.82. The van der Waals surface area contributed by atoms with Crippen LogP contribution < -0.4 is 0 Å². The van der Waals surface area contributed by atoms with Crippen molar-refractivity contribution in [2.45, 2.75) is 33.0 Å². The Morgan fingerprint density at radius 2 is 1.93 bits per heavy atom. The summed E-state index contributed by atoms with van der Waals surface area (Å²) in [6.07, 6.45) is 1.98. The molecule has 2 rings (SSSR count). The van der Waals surface area contributed by atoms with Gasteiger partial charge in [0.1, 0.15) is 0 Å². The minimum atomic E-state index is 0.518. The topological polar surface area (TPSA) is 15.6 Å². The predicted octanol–water partition coefficient (Wildman–Crippen LogP) is 2.44. The van der Waals surface area contributed by atoms with Crippen LogP contribution in [-0.2, 0) is 13.1 Å². The first-order valence-electron chi connectivity index (χ1n) is 5.10. The molecule has 0 saturated heterocycles. The van der Waals surface area contributed by atoms with Crippen LogP contribution >= 0.6 is 0 Å². The summed E-state index contributed by atoms with van der Waals surface area (Å²) in [5.74, 6) is 0. The molecule has 74 valence electrons. The average molecular weight is 188 g/mol. The van der Waals surface area contributed by atoms with Crippen LogP contribution in [0.1, 0.15) is 25.0 Å². The van der Waals surface area contributed by atoms with E-state index in [1.807, 2.05) is 6.34 Å². The van der Waals surface area contributed by atoms with Crippen LogP contribution in [0, 0.1) is 0 Å². The molecule has 0 aliphatic carbocycles. The molecule has 1 heterocycles. The van der Waals surface area contributed by atoms with Crippen molar-refractivity contribution in [2.75, 3.05) is 0 Å². The van der Waals surface area contributed by atoms with Crippen LogP contribution in [-0.4, -0.2) is 17.3 Å². The Hall–Kier alpha value is -1.31. The van der Waals surface area contributed by atoms with Gasteiger partial charge in [-0.05, 0) is 25.0 Å². The van der Waals surface area contributed by atoms with Gasteiger partial charge in [-0.1, -0.05) is 24.3 Å². The number of rotatable bonds is 1. The van der Waals surface area contributed by atoms with E-state index in [1.165, 1.54) is 11.1 Å². The number of aliphatic imine (C=N–C) groups is 1. The molecule has 0 bridgehead atoms. The Morgan fingerprint density at radius 3 is 2.64 bits per heavy atom. The van der Waals surface area contributed by atoms with E-state index in [0.717, 1.165) is 13.1 Å². The number of hydrogen-bond acceptors (Lipinski definition) is 2. The van der Waals surface area contributed by atoms with E-state index in [1.54, 1.807) is 0 Å². The Morgan fingerprint density at radius 1 is 1.21 bits per heavy atom. The standard InChI is InChI=1S/C12H16N2/c1-10(2)14-8-12-6-4-3-5-11(12)7-13-9-14/h3-6,9-10H,7-8H2,1-2H3. The first-order valence-corrected chi connectivity index (χ1v) is 5.10. The summed E-state index contributed by atoms with van der Waals surface area (Å²) >= 11 is 0. The van der Waals surface area contributed by atoms with E-state index in [2.05, 4.69) is 48.0 Å². The molecule has 1 aliphatic rings. The van der Waals surface area contributed by atoms with Gasteiger partial charge in [0.2, 0.25) is 0 Å². The van der Waals surface area contributed by atoms with Gasteiger partial charge >= 0.3 is 0 Å². The summed E-state index contributed by atoms with van der Waals surface area (Å²) in [6.45, 7) is 6.19. The van der Waals surface area contributed by atoms with Crippen LogP contribution in [0.15, 0.2) is 29.3 Å². The average Bonchev–Trinajstić information content (AvgIpc) is 2.39. The summed E-state index contributed by atoms with van der Waals surface area (Å²) in [4.78, 5) is 6.69. The van der Waals surface area contributed by atoms with Gasteiger partial charge in [-0.25, -0.2) is 0 Å². The van der Waals surface area contributed by atoms with Crippen molar-refractivity contribution in [1.82, 2.24) is 4.90 Å². The van der Waals surface area contributed by atoms with Gasteiger partial charge in [-0.2, -0.15) is 0 Å². The fourth-order valence-corrected chi connectivity index (χ4v) is 1.66. The van der Waals surface area contributed by atoms with Crippen LogP contribution in [0.3, 0.4) is 0 Å². The van der Waals surface area contributed by atoms with Crippen molar-refractivity contribution < 1.29 is 0 Å². The minimum absolute atomic E-state index is 0.518. The summed E-state index contributed by atoms with van der Waals surface area (Å²) < 4.78 is 0. The molecule has 14 heavy (non-hydrogen) atoms. The maximum atomic E-state index is 4.42. The van der Waals surface area contributed by atoms with Crippen molar-refractivity contribution >= 4 is 6.34 Å². The van der Waals surface area contributed by atoms with Crippen molar-refractivity contribution in [1.29, 1.82) is 0 Å². The maximum Gasteiger partial charge on any atom is 0.0859 e. The highest BCUT2D eigenvalue weighted by molar-refractivity contribution is 5.57. The molecule has 0 saturated carbocycles. The summed E-state index contributed by atoms with van der Waals surface area (Å²) in [7, 11) is 0. The highest BCUT2D eigenvalue weighted by Crippen LogP contribution is 2.16. The van der Waals surface area contributed by atoms with Crippen molar-refractivity contribution in [2.24, 2.45) is 4.99 Å². The van der Waals surface area contributed by atoms with Crippen LogP contribution in [0.2, 0.25) is 0 Å². The van der Waals surface area contributed by atoms with Gasteiger partial charge in [0.15, 0.2) is 0 Å². The zero-order chi connectivity index (χ0) is 9.97. The van der Waals surface area contributed by atoms with Gasteiger partial charge in [0.05, 0.1) is 12.9 Å². The molecule has 2 heteroatoms. The first-order chi connectivity index (χ1) is 6.77. The molecule has 1 aromatic carbocycles. The smallest absolute Gasteiger partial charge is 0.0859 e. The quantitative estimate of drug-likeness (QED) is 0.661. The van der Waals surface area contributed by atoms with Gasteiger partial charge in [0, 0.05) is 12.6 Å². The third-order valence-electron chi connectivity index (χ3n) is 2.63. The predicted molar refractivity (Wildman–Crippen MR) is 59.3 cm³/mol. The van der Waals surface area contributed by atoms with Crippen molar-refractivity contribution in [3.63, 3.8) is 0 Å². The Balaban J connectivity index is 2.28. The summed E-state index contributed by atoms with van der Waals surface area (Å²) in [5.41, 5.74) is 2.76. The lowest BCUT2D eigenvalue weighted by Crippen LogP contribution is -2.28. The molecule has 0 unspecified atom stereocenters. The number of hydrogen-bond donors (Lipinski definition) is 0. The van der Waals surface area contributed by atoms with E-state index in [9.17, 15) is 0 Å². The molecule has 1 aromatic rings. The van der Waals surface area contributed by atoms with Gasteiger partial charge in [-0.3, -0.25) is 4.99 Å². The monoisotopic (exact) mass is 188 g/mol. The Labute approximate surface area is 85.3 Å². The lowest BCUT2D eigenvalue weighted by molar-refractivity contribution is 0.354. The molecule has 0 spiro atoms. The maximum absolute atomic E-state index is 4.42. The number of benzene rings is 1. The normalized spacial score (nSPS) is 15.5. The molecule has 1 aliphatic heterocycles. The van der Waals surface area contributed by atoms with Crippen molar-refractivity contribution in [3.8, 4) is 0 Å². The minimum Gasteiger partial charge on any atom is -0.356 e. The molecule has 0 atom stereocenters. The van der Waals surface area contributed by atoms with E-state index in [4.69, 9.17) is 0 Å². The van der Waals surface area contributed by atoms with Crippen LogP contribution in [0.25, 0.3) is 0 Å². The zero-order valence-electron chi connectivity index (χ0n) is 8.77. The Kier molecular flexibility index (Phi) is 2.53. The van der Waals surface area contributed by atoms with Crippen LogP contribution in [0.5, 0.6) is 0 Å². The molecular formula is C12H16N2. The second-order valence-corrected chi connectivity index (χ2v) is 3.99. The third kappa shape index (κ3) is 1.79. The van der Waals surface area contributed by atoms with E-state index in [-0.39, 0.29) is 0 Å². The molecule has 0 radical (unpaired) electrons. The fraction of sp³-hybridized carbons (Fsp3) is 0.417. The molecule has 2 nitrogen and oxygen atoms in total. The van der Waals surface area contributed by atoms with E-state index >= 15 is 0 Å². The molecule has 0 N–H and O–H groups in total. The van der Waals surface area contributed by atoms with E-state index in [0.29, 0.717) is 6.04 Å². The largest absolute Gasteiger partial charge is 0.356 e. The molecule has 0 amide bonds. The van der Waals surface area contributed by atoms with Crippen molar-refractivity contribution in [3.05, 3.63) is 35.4 Å². The number of fused-ring (bicyclic) bond motifs is 1. The first kappa shape index (κ1) is 9.25. The highest BCUT2D eigenvalue weighted by Gasteiger charge is 2.11. The SMILES string of the molecule is CC(C)N1C=NCc2ccccc2C1. The molecule has 0 aromatic heterocycles. The van der Waals surface area contributed by atoms with E-state index < -0.39 is 0 Å². The van der Waals surface area contributed by atoms with Gasteiger partial charge in [-0.15, -0.1) is 0 Å². The lowest BCUT2D eigenvalue weighted by atomic mass is 10.1. The van der Waals surface area contributed by atoms with Crippen LogP contribution in [0.4, 0.5) is 0 Å². The second-order valence-electron chi connectivity index (χ2n) is 3.99. The summed E-state index contributed by atoms with van der Waals surface area (Å²) in [5, 5.41) is 0. The summed E-state index contributed by atoms with van der Waals surface area (Å²) in [6, 6.07) is 9.06.